The molecule has 0 aromatic heterocycles. The van der Waals surface area contributed by atoms with Gasteiger partial charge in [0, 0.05) is 23.8 Å². The number of hydrogen-bond acceptors (Lipinski definition) is 7. The van der Waals surface area contributed by atoms with Gasteiger partial charge in [-0.15, -0.1) is 0 Å². The van der Waals surface area contributed by atoms with E-state index in [4.69, 9.17) is 15.9 Å². The molecule has 0 saturated carbocycles. The SMILES string of the molecule is NC(=O)Cc1c(I)c(C(=O)NCC(O)CO)c(I)c(C(=O)NCC(O)CO)c1I. The van der Waals surface area contributed by atoms with Gasteiger partial charge in [0.15, 0.2) is 0 Å². The fourth-order valence-electron chi connectivity index (χ4n) is 2.17. The number of hydrogen-bond donors (Lipinski definition) is 7. The standard InChI is InChI=1S/C16H20I3N3O7/c17-12-8(1-9(20)27)13(18)11(16(29)22-3-7(26)5-24)14(19)10(12)15(28)21-2-6(25)4-23/h6-7,23-26H,1-5H2,(H2,20,27)(H,21,28)(H,22,29). The van der Waals surface area contributed by atoms with Crippen molar-refractivity contribution in [3.8, 4) is 0 Å². The number of benzene rings is 1. The lowest BCUT2D eigenvalue weighted by Crippen LogP contribution is -2.37. The Kier molecular flexibility index (Phi) is 11.5. The van der Waals surface area contributed by atoms with E-state index in [1.807, 2.05) is 67.8 Å². The number of rotatable bonds is 10. The summed E-state index contributed by atoms with van der Waals surface area (Å²) < 4.78 is 1.16. The van der Waals surface area contributed by atoms with Gasteiger partial charge in [-0.25, -0.2) is 0 Å². The predicted octanol–water partition coefficient (Wildman–Crippen LogP) is -1.31. The summed E-state index contributed by atoms with van der Waals surface area (Å²) in [6, 6.07) is 0. The van der Waals surface area contributed by atoms with E-state index in [0.717, 1.165) is 0 Å². The Hall–Kier alpha value is -0.340. The van der Waals surface area contributed by atoms with Gasteiger partial charge in [0.1, 0.15) is 0 Å². The van der Waals surface area contributed by atoms with Gasteiger partial charge >= 0.3 is 0 Å². The third-order valence-corrected chi connectivity index (χ3v) is 7.09. The van der Waals surface area contributed by atoms with Crippen LogP contribution in [-0.4, -0.2) is 76.7 Å². The number of aliphatic hydroxyl groups excluding tert-OH is 4. The Labute approximate surface area is 207 Å². The first kappa shape index (κ1) is 26.7. The van der Waals surface area contributed by atoms with Crippen LogP contribution in [0.5, 0.6) is 0 Å². The minimum Gasteiger partial charge on any atom is -0.394 e. The van der Waals surface area contributed by atoms with Gasteiger partial charge in [-0.05, 0) is 73.3 Å². The molecule has 0 spiro atoms. The molecule has 0 aliphatic heterocycles. The van der Waals surface area contributed by atoms with Gasteiger partial charge < -0.3 is 36.8 Å². The summed E-state index contributed by atoms with van der Waals surface area (Å²) in [7, 11) is 0. The number of nitrogens with two attached hydrogens (primary N) is 1. The summed E-state index contributed by atoms with van der Waals surface area (Å²) in [6.45, 7) is -1.48. The Bertz CT molecular complexity index is 739. The predicted molar refractivity (Wildman–Crippen MR) is 128 cm³/mol. The van der Waals surface area contributed by atoms with Crippen molar-refractivity contribution < 1.29 is 34.8 Å². The third-order valence-electron chi connectivity index (χ3n) is 3.63. The molecule has 1 aromatic rings. The van der Waals surface area contributed by atoms with Crippen LogP contribution in [0.2, 0.25) is 0 Å². The molecule has 3 amide bonds. The largest absolute Gasteiger partial charge is 0.394 e. The molecule has 1 aromatic carbocycles. The molecule has 0 heterocycles. The number of aliphatic hydroxyl groups is 4. The second-order valence-corrected chi connectivity index (χ2v) is 9.14. The summed E-state index contributed by atoms with van der Waals surface area (Å²) in [5, 5.41) is 41.7. The Balaban J connectivity index is 3.45. The lowest BCUT2D eigenvalue weighted by molar-refractivity contribution is -0.117. The Morgan fingerprint density at radius 2 is 1.21 bits per heavy atom. The average molecular weight is 747 g/mol. The molecule has 13 heteroatoms. The normalized spacial score (nSPS) is 12.9. The zero-order valence-electron chi connectivity index (χ0n) is 14.9. The van der Waals surface area contributed by atoms with Crippen LogP contribution in [0.15, 0.2) is 0 Å². The van der Waals surface area contributed by atoms with E-state index in [2.05, 4.69) is 10.6 Å². The van der Waals surface area contributed by atoms with E-state index in [0.29, 0.717) is 16.3 Å². The topological polar surface area (TPSA) is 182 Å². The molecule has 0 saturated heterocycles. The Morgan fingerprint density at radius 3 is 1.52 bits per heavy atom. The van der Waals surface area contributed by atoms with Gasteiger partial charge in [0.05, 0.1) is 43.0 Å². The number of nitrogens with one attached hydrogen (secondary N) is 2. The van der Waals surface area contributed by atoms with Crippen LogP contribution in [0.3, 0.4) is 0 Å². The second-order valence-electron chi connectivity index (χ2n) is 5.91. The molecule has 29 heavy (non-hydrogen) atoms. The van der Waals surface area contributed by atoms with Gasteiger partial charge in [-0.1, -0.05) is 0 Å². The van der Waals surface area contributed by atoms with Gasteiger partial charge in [-0.2, -0.15) is 0 Å². The highest BCUT2D eigenvalue weighted by atomic mass is 127. The fraction of sp³-hybridized carbons (Fsp3) is 0.438. The monoisotopic (exact) mass is 747 g/mol. The maximum absolute atomic E-state index is 12.7. The summed E-state index contributed by atoms with van der Waals surface area (Å²) in [4.78, 5) is 36.9. The van der Waals surface area contributed by atoms with Crippen LogP contribution in [0.1, 0.15) is 26.3 Å². The summed E-state index contributed by atoms with van der Waals surface area (Å²) in [5.74, 6) is -1.85. The zero-order valence-corrected chi connectivity index (χ0v) is 21.4. The molecule has 2 atom stereocenters. The number of carbonyl (C=O) groups excluding carboxylic acids is 3. The highest BCUT2D eigenvalue weighted by Gasteiger charge is 2.28. The van der Waals surface area contributed by atoms with E-state index in [9.17, 15) is 24.6 Å². The molecule has 0 aliphatic carbocycles. The van der Waals surface area contributed by atoms with Crippen molar-refractivity contribution in [2.24, 2.45) is 5.73 Å². The molecule has 162 valence electrons. The molecule has 1 rings (SSSR count). The van der Waals surface area contributed by atoms with Gasteiger partial charge in [0.2, 0.25) is 5.91 Å². The van der Waals surface area contributed by atoms with Crippen LogP contribution in [-0.2, 0) is 11.2 Å². The molecular weight excluding hydrogens is 727 g/mol. The summed E-state index contributed by atoms with van der Waals surface area (Å²) in [5.41, 5.74) is 5.97. The molecular formula is C16H20I3N3O7. The molecule has 10 nitrogen and oxygen atoms in total. The van der Waals surface area contributed by atoms with Crippen LogP contribution in [0.25, 0.3) is 0 Å². The van der Waals surface area contributed by atoms with Gasteiger partial charge in [-0.3, -0.25) is 14.4 Å². The molecule has 0 fully saturated rings. The number of primary amides is 1. The first-order valence-electron chi connectivity index (χ1n) is 8.16. The quantitative estimate of drug-likeness (QED) is 0.145. The second kappa shape index (κ2) is 12.5. The summed E-state index contributed by atoms with van der Waals surface area (Å²) in [6.07, 6.45) is -2.50. The minimum absolute atomic E-state index is 0.126. The van der Waals surface area contributed by atoms with Crippen LogP contribution in [0, 0.1) is 10.7 Å². The molecule has 0 aliphatic rings. The van der Waals surface area contributed by atoms with Crippen molar-refractivity contribution in [3.05, 3.63) is 27.4 Å². The molecule has 0 bridgehead atoms. The van der Waals surface area contributed by atoms with Crippen molar-refractivity contribution in [3.63, 3.8) is 0 Å². The maximum Gasteiger partial charge on any atom is 0.253 e. The van der Waals surface area contributed by atoms with Gasteiger partial charge in [0.25, 0.3) is 11.8 Å². The van der Waals surface area contributed by atoms with Crippen molar-refractivity contribution in [2.75, 3.05) is 26.3 Å². The average Bonchev–Trinajstić information content (AvgIpc) is 2.67. The van der Waals surface area contributed by atoms with Crippen LogP contribution in [0.4, 0.5) is 0 Å². The third kappa shape index (κ3) is 7.39. The van der Waals surface area contributed by atoms with E-state index in [-0.39, 0.29) is 30.6 Å². The van der Waals surface area contributed by atoms with Crippen molar-refractivity contribution >= 4 is 85.5 Å². The minimum atomic E-state index is -1.15. The van der Waals surface area contributed by atoms with Crippen molar-refractivity contribution in [1.29, 1.82) is 0 Å². The smallest absolute Gasteiger partial charge is 0.253 e. The van der Waals surface area contributed by atoms with E-state index >= 15 is 0 Å². The van der Waals surface area contributed by atoms with E-state index < -0.39 is 43.1 Å². The lowest BCUT2D eigenvalue weighted by Gasteiger charge is -2.19. The number of halogens is 3. The van der Waals surface area contributed by atoms with Crippen LogP contribution >= 0.6 is 67.8 Å². The fourth-order valence-corrected chi connectivity index (χ4v) is 6.70. The highest BCUT2D eigenvalue weighted by molar-refractivity contribution is 14.1. The number of carbonyl (C=O) groups is 3. The highest BCUT2D eigenvalue weighted by Crippen LogP contribution is 2.32. The summed E-state index contributed by atoms with van der Waals surface area (Å²) >= 11 is 5.62. The lowest BCUT2D eigenvalue weighted by atomic mass is 10.0. The maximum atomic E-state index is 12.7. The van der Waals surface area contributed by atoms with Crippen molar-refractivity contribution in [1.82, 2.24) is 10.6 Å². The Morgan fingerprint density at radius 1 is 0.828 bits per heavy atom. The first-order valence-corrected chi connectivity index (χ1v) is 11.4. The van der Waals surface area contributed by atoms with Crippen molar-refractivity contribution in [2.45, 2.75) is 18.6 Å². The van der Waals surface area contributed by atoms with E-state index in [1.165, 1.54) is 0 Å². The zero-order chi connectivity index (χ0) is 22.3. The number of amides is 3. The first-order chi connectivity index (χ1) is 13.5. The van der Waals surface area contributed by atoms with Crippen LogP contribution < -0.4 is 16.4 Å². The molecule has 8 N–H and O–H groups in total. The molecule has 0 radical (unpaired) electrons. The van der Waals surface area contributed by atoms with E-state index in [1.54, 1.807) is 0 Å². The molecule has 2 unspecified atom stereocenters.